The zero-order valence-corrected chi connectivity index (χ0v) is 17.4. The van der Waals surface area contributed by atoms with E-state index in [1.54, 1.807) is 18.2 Å². The number of nitrogens with one attached hydrogen (secondary N) is 2. The molecule has 29 heavy (non-hydrogen) atoms. The number of carbonyl (C=O) groups excluding carboxylic acids is 1. The van der Waals surface area contributed by atoms with Crippen LogP contribution in [0.2, 0.25) is 0 Å². The average molecular weight is 451 g/mol. The highest BCUT2D eigenvalue weighted by molar-refractivity contribution is 9.09. The molecule has 0 aliphatic carbocycles. The number of allylic oxidation sites excluding steroid dienone is 1. The van der Waals surface area contributed by atoms with Crippen LogP contribution in [0.5, 0.6) is 5.75 Å². The molecule has 3 aromatic rings. The van der Waals surface area contributed by atoms with Crippen molar-refractivity contribution in [1.82, 2.24) is 9.97 Å². The molecule has 0 fully saturated rings. The maximum absolute atomic E-state index is 12.2. The van der Waals surface area contributed by atoms with Gasteiger partial charge in [-0.3, -0.25) is 4.79 Å². The SMILES string of the molecule is C#Cc1cccc(Nc2ncnc3cc(OCC)c(NC(=O)C=CCBr)cc23)c1. The van der Waals surface area contributed by atoms with E-state index in [-0.39, 0.29) is 5.91 Å². The molecule has 2 N–H and O–H groups in total. The topological polar surface area (TPSA) is 76.1 Å². The Morgan fingerprint density at radius 3 is 2.93 bits per heavy atom. The first kappa shape index (κ1) is 20.4. The predicted octanol–water partition coefficient (Wildman–Crippen LogP) is 4.64. The van der Waals surface area contributed by atoms with Crippen LogP contribution in [0.4, 0.5) is 17.2 Å². The van der Waals surface area contributed by atoms with Gasteiger partial charge in [0.2, 0.25) is 5.91 Å². The second-order valence-electron chi connectivity index (χ2n) is 5.92. The van der Waals surface area contributed by atoms with Gasteiger partial charge in [-0.05, 0) is 31.2 Å². The lowest BCUT2D eigenvalue weighted by molar-refractivity contribution is -0.111. The standard InChI is InChI=1S/C22H19BrN4O2/c1-3-15-7-5-8-16(11-15)26-22-17-12-19(27-21(28)9-6-10-23)20(29-4-2)13-18(17)24-14-25-22/h1,5-9,11-14H,4,10H2,2H3,(H,27,28)(H,24,25,26). The smallest absolute Gasteiger partial charge is 0.248 e. The minimum absolute atomic E-state index is 0.252. The molecule has 0 radical (unpaired) electrons. The average Bonchev–Trinajstić information content (AvgIpc) is 2.73. The van der Waals surface area contributed by atoms with Crippen LogP contribution in [0, 0.1) is 12.3 Å². The molecule has 0 unspecified atom stereocenters. The van der Waals surface area contributed by atoms with E-state index in [1.807, 2.05) is 31.2 Å². The number of benzene rings is 2. The van der Waals surface area contributed by atoms with Crippen molar-refractivity contribution in [2.24, 2.45) is 0 Å². The van der Waals surface area contributed by atoms with Gasteiger partial charge in [0, 0.05) is 34.1 Å². The van der Waals surface area contributed by atoms with Gasteiger partial charge < -0.3 is 15.4 Å². The van der Waals surface area contributed by atoms with Crippen molar-refractivity contribution in [2.45, 2.75) is 6.92 Å². The number of aromatic nitrogens is 2. The number of ether oxygens (including phenoxy) is 1. The summed E-state index contributed by atoms with van der Waals surface area (Å²) in [6.07, 6.45) is 10.1. The maximum atomic E-state index is 12.2. The van der Waals surface area contributed by atoms with Gasteiger partial charge >= 0.3 is 0 Å². The highest BCUT2D eigenvalue weighted by atomic mass is 79.9. The minimum Gasteiger partial charge on any atom is -0.492 e. The Labute approximate surface area is 177 Å². The molecular weight excluding hydrogens is 432 g/mol. The zero-order valence-electron chi connectivity index (χ0n) is 15.8. The quantitative estimate of drug-likeness (QED) is 0.311. The van der Waals surface area contributed by atoms with Crippen molar-refractivity contribution < 1.29 is 9.53 Å². The van der Waals surface area contributed by atoms with Crippen molar-refractivity contribution in [3.63, 3.8) is 0 Å². The summed E-state index contributed by atoms with van der Waals surface area (Å²) >= 11 is 3.26. The number of fused-ring (bicyclic) bond motifs is 1. The Bertz CT molecular complexity index is 1110. The third kappa shape index (κ3) is 5.12. The van der Waals surface area contributed by atoms with Crippen LogP contribution in [0.15, 0.2) is 54.9 Å². The fourth-order valence-corrected chi connectivity index (χ4v) is 2.89. The molecule has 1 heterocycles. The first-order valence-electron chi connectivity index (χ1n) is 8.93. The van der Waals surface area contributed by atoms with Crippen molar-refractivity contribution in [1.29, 1.82) is 0 Å². The van der Waals surface area contributed by atoms with E-state index in [0.717, 1.165) is 16.6 Å². The molecule has 0 bridgehead atoms. The summed E-state index contributed by atoms with van der Waals surface area (Å²) in [5.41, 5.74) is 2.80. The maximum Gasteiger partial charge on any atom is 0.248 e. The number of alkyl halides is 1. The predicted molar refractivity (Wildman–Crippen MR) is 120 cm³/mol. The largest absolute Gasteiger partial charge is 0.492 e. The van der Waals surface area contributed by atoms with Crippen LogP contribution in [0.1, 0.15) is 12.5 Å². The highest BCUT2D eigenvalue weighted by Crippen LogP contribution is 2.33. The Kier molecular flexibility index (Phi) is 6.82. The van der Waals surface area contributed by atoms with Gasteiger partial charge in [-0.1, -0.05) is 34.0 Å². The number of amides is 1. The number of hydrogen-bond acceptors (Lipinski definition) is 5. The molecular formula is C22H19BrN4O2. The number of anilines is 3. The number of halogens is 1. The van der Waals surface area contributed by atoms with Gasteiger partial charge in [-0.2, -0.15) is 0 Å². The van der Waals surface area contributed by atoms with E-state index < -0.39 is 0 Å². The molecule has 146 valence electrons. The lowest BCUT2D eigenvalue weighted by atomic mass is 10.1. The van der Waals surface area contributed by atoms with E-state index >= 15 is 0 Å². The van der Waals surface area contributed by atoms with E-state index in [9.17, 15) is 4.79 Å². The normalized spacial score (nSPS) is 10.7. The number of rotatable bonds is 7. The minimum atomic E-state index is -0.252. The monoisotopic (exact) mass is 450 g/mol. The molecule has 2 aromatic carbocycles. The molecule has 0 aliphatic rings. The Balaban J connectivity index is 2.03. The van der Waals surface area contributed by atoms with Gasteiger partial charge in [0.25, 0.3) is 0 Å². The summed E-state index contributed by atoms with van der Waals surface area (Å²) in [7, 11) is 0. The Morgan fingerprint density at radius 2 is 2.17 bits per heavy atom. The van der Waals surface area contributed by atoms with Crippen LogP contribution in [0.25, 0.3) is 10.9 Å². The van der Waals surface area contributed by atoms with Crippen molar-refractivity contribution >= 4 is 49.9 Å². The fourth-order valence-electron chi connectivity index (χ4n) is 2.71. The van der Waals surface area contributed by atoms with Gasteiger partial charge in [0.15, 0.2) is 0 Å². The van der Waals surface area contributed by atoms with Crippen molar-refractivity contribution in [2.75, 3.05) is 22.6 Å². The van der Waals surface area contributed by atoms with E-state index in [0.29, 0.717) is 34.7 Å². The fraction of sp³-hybridized carbons (Fsp3) is 0.136. The van der Waals surface area contributed by atoms with Crippen LogP contribution in [0.3, 0.4) is 0 Å². The summed E-state index contributed by atoms with van der Waals surface area (Å²) in [6.45, 7) is 2.34. The van der Waals surface area contributed by atoms with Gasteiger partial charge in [-0.15, -0.1) is 6.42 Å². The van der Waals surface area contributed by atoms with Gasteiger partial charge in [0.1, 0.15) is 17.9 Å². The number of terminal acetylenes is 1. The summed E-state index contributed by atoms with van der Waals surface area (Å²) in [4.78, 5) is 20.9. The summed E-state index contributed by atoms with van der Waals surface area (Å²) in [6, 6.07) is 11.1. The second kappa shape index (κ2) is 9.71. The molecule has 6 nitrogen and oxygen atoms in total. The summed E-state index contributed by atoms with van der Waals surface area (Å²) < 4.78 is 5.69. The van der Waals surface area contributed by atoms with Crippen molar-refractivity contribution in [3.8, 4) is 18.1 Å². The van der Waals surface area contributed by atoms with Crippen LogP contribution in [-0.4, -0.2) is 27.8 Å². The lowest BCUT2D eigenvalue weighted by Crippen LogP contribution is -2.10. The summed E-state index contributed by atoms with van der Waals surface area (Å²) in [5.74, 6) is 3.50. The third-order valence-electron chi connectivity index (χ3n) is 3.94. The van der Waals surface area contributed by atoms with E-state index in [4.69, 9.17) is 11.2 Å². The van der Waals surface area contributed by atoms with Crippen LogP contribution in [-0.2, 0) is 4.79 Å². The van der Waals surface area contributed by atoms with E-state index in [2.05, 4.69) is 42.5 Å². The Hall–Kier alpha value is -3.37. The number of nitrogens with zero attached hydrogens (tertiary/aromatic N) is 2. The molecule has 1 amide bonds. The molecule has 0 saturated heterocycles. The number of carbonyl (C=O) groups is 1. The van der Waals surface area contributed by atoms with Gasteiger partial charge in [-0.25, -0.2) is 9.97 Å². The molecule has 7 heteroatoms. The van der Waals surface area contributed by atoms with Gasteiger partial charge in [0.05, 0.1) is 17.8 Å². The molecule has 1 aromatic heterocycles. The van der Waals surface area contributed by atoms with Crippen molar-refractivity contribution in [3.05, 3.63) is 60.4 Å². The molecule has 0 atom stereocenters. The molecule has 0 saturated carbocycles. The Morgan fingerprint density at radius 1 is 1.31 bits per heavy atom. The highest BCUT2D eigenvalue weighted by Gasteiger charge is 2.13. The third-order valence-corrected chi connectivity index (χ3v) is 4.32. The first-order chi connectivity index (χ1) is 14.1. The van der Waals surface area contributed by atoms with Crippen LogP contribution < -0.4 is 15.4 Å². The lowest BCUT2D eigenvalue weighted by Gasteiger charge is -2.14. The number of hydrogen-bond donors (Lipinski definition) is 2. The first-order valence-corrected chi connectivity index (χ1v) is 10.1. The molecule has 0 spiro atoms. The van der Waals surface area contributed by atoms with Crippen LogP contribution >= 0.6 is 15.9 Å². The van der Waals surface area contributed by atoms with E-state index in [1.165, 1.54) is 12.4 Å². The zero-order chi connectivity index (χ0) is 20.6. The molecule has 3 rings (SSSR count). The second-order valence-corrected chi connectivity index (χ2v) is 6.56. The molecule has 0 aliphatic heterocycles. The summed E-state index contributed by atoms with van der Waals surface area (Å²) in [5, 5.41) is 7.45.